The number of nitrogens with two attached hydrogens (primary N) is 1. The van der Waals surface area contributed by atoms with Crippen LogP contribution in [0.25, 0.3) is 0 Å². The van der Waals surface area contributed by atoms with Crippen molar-refractivity contribution < 1.29 is 17.6 Å². The van der Waals surface area contributed by atoms with Crippen LogP contribution >= 0.6 is 12.4 Å². The van der Waals surface area contributed by atoms with Crippen LogP contribution in [0.2, 0.25) is 0 Å². The van der Waals surface area contributed by atoms with Crippen molar-refractivity contribution in [3.05, 3.63) is 30.1 Å². The van der Waals surface area contributed by atoms with Crippen LogP contribution in [0.5, 0.6) is 0 Å². The highest BCUT2D eigenvalue weighted by molar-refractivity contribution is 7.89. The average molecular weight is 394 g/mol. The number of nitrogens with one attached hydrogen (secondary N) is 2. The lowest BCUT2D eigenvalue weighted by Gasteiger charge is -2.25. The maximum atomic E-state index is 13.8. The van der Waals surface area contributed by atoms with Gasteiger partial charge in [-0.25, -0.2) is 12.8 Å². The Bertz CT molecular complexity index is 696. The molecule has 1 saturated carbocycles. The zero-order valence-corrected chi connectivity index (χ0v) is 15.9. The van der Waals surface area contributed by atoms with E-state index < -0.39 is 32.7 Å². The zero-order valence-electron chi connectivity index (χ0n) is 14.2. The molecule has 0 aromatic heterocycles. The van der Waals surface area contributed by atoms with E-state index in [4.69, 9.17) is 5.73 Å². The molecule has 0 bridgehead atoms. The van der Waals surface area contributed by atoms with E-state index in [1.54, 1.807) is 13.8 Å². The van der Waals surface area contributed by atoms with Gasteiger partial charge in [-0.1, -0.05) is 26.0 Å². The Morgan fingerprint density at radius 3 is 2.40 bits per heavy atom. The van der Waals surface area contributed by atoms with Gasteiger partial charge in [-0.3, -0.25) is 4.79 Å². The smallest absolute Gasteiger partial charge is 0.244 e. The molecule has 1 amide bonds. The van der Waals surface area contributed by atoms with Gasteiger partial charge in [0, 0.05) is 12.6 Å². The van der Waals surface area contributed by atoms with Crippen LogP contribution in [-0.4, -0.2) is 33.0 Å². The van der Waals surface area contributed by atoms with Crippen LogP contribution < -0.4 is 15.8 Å². The molecule has 2 unspecified atom stereocenters. The monoisotopic (exact) mass is 393 g/mol. The first-order chi connectivity index (χ1) is 11.3. The second-order valence-corrected chi connectivity index (χ2v) is 8.14. The molecule has 0 radical (unpaired) electrons. The molecule has 0 aliphatic heterocycles. The summed E-state index contributed by atoms with van der Waals surface area (Å²) in [5, 5.41) is 2.81. The van der Waals surface area contributed by atoms with Crippen LogP contribution in [0, 0.1) is 17.7 Å². The topological polar surface area (TPSA) is 101 Å². The zero-order chi connectivity index (χ0) is 17.9. The highest BCUT2D eigenvalue weighted by Crippen LogP contribution is 2.32. The van der Waals surface area contributed by atoms with Gasteiger partial charge in [-0.05, 0) is 36.8 Å². The van der Waals surface area contributed by atoms with Gasteiger partial charge in [-0.2, -0.15) is 4.72 Å². The number of amides is 1. The second kappa shape index (κ2) is 8.93. The Kier molecular flexibility index (Phi) is 7.80. The van der Waals surface area contributed by atoms with Gasteiger partial charge in [0.25, 0.3) is 0 Å². The minimum atomic E-state index is -4.14. The second-order valence-electron chi connectivity index (χ2n) is 6.46. The van der Waals surface area contributed by atoms with E-state index in [1.165, 1.54) is 18.2 Å². The molecule has 9 heteroatoms. The summed E-state index contributed by atoms with van der Waals surface area (Å²) in [4.78, 5) is 12.0. The summed E-state index contributed by atoms with van der Waals surface area (Å²) in [6.07, 6.45) is 2.02. The van der Waals surface area contributed by atoms with E-state index in [0.717, 1.165) is 18.9 Å². The van der Waals surface area contributed by atoms with Crippen molar-refractivity contribution in [2.75, 3.05) is 6.54 Å². The van der Waals surface area contributed by atoms with Crippen molar-refractivity contribution in [3.63, 3.8) is 0 Å². The third-order valence-corrected chi connectivity index (χ3v) is 5.60. The van der Waals surface area contributed by atoms with E-state index in [2.05, 4.69) is 10.0 Å². The number of rotatable bonds is 8. The fourth-order valence-corrected chi connectivity index (χ4v) is 3.95. The fourth-order valence-electron chi connectivity index (χ4n) is 2.53. The van der Waals surface area contributed by atoms with Gasteiger partial charge in [-0.15, -0.1) is 12.4 Å². The maximum absolute atomic E-state index is 13.8. The molecule has 1 aromatic carbocycles. The molecule has 6 nitrogen and oxygen atoms in total. The van der Waals surface area contributed by atoms with E-state index in [-0.39, 0.29) is 24.4 Å². The number of halogens is 2. The van der Waals surface area contributed by atoms with Gasteiger partial charge in [0.2, 0.25) is 15.9 Å². The highest BCUT2D eigenvalue weighted by atomic mass is 35.5. The largest absolute Gasteiger partial charge is 0.350 e. The Hall–Kier alpha value is -1.22. The van der Waals surface area contributed by atoms with Crippen molar-refractivity contribution in [2.24, 2.45) is 17.6 Å². The van der Waals surface area contributed by atoms with Gasteiger partial charge >= 0.3 is 0 Å². The summed E-state index contributed by atoms with van der Waals surface area (Å²) in [6, 6.07) is 3.91. The minimum Gasteiger partial charge on any atom is -0.350 e. The minimum absolute atomic E-state index is 0. The first kappa shape index (κ1) is 21.8. The number of benzene rings is 1. The molecular weight excluding hydrogens is 369 g/mol. The molecule has 2 rings (SSSR count). The molecule has 0 saturated heterocycles. The number of carbonyl (C=O) groups excluding carboxylic acids is 1. The normalized spacial score (nSPS) is 16.8. The van der Waals surface area contributed by atoms with E-state index in [9.17, 15) is 17.6 Å². The molecule has 4 N–H and O–H groups in total. The number of hydrogen-bond acceptors (Lipinski definition) is 4. The average Bonchev–Trinajstić information content (AvgIpc) is 3.34. The Morgan fingerprint density at radius 2 is 1.92 bits per heavy atom. The highest BCUT2D eigenvalue weighted by Gasteiger charge is 2.35. The van der Waals surface area contributed by atoms with Crippen LogP contribution in [0.3, 0.4) is 0 Å². The van der Waals surface area contributed by atoms with Crippen molar-refractivity contribution >= 4 is 28.3 Å². The molecule has 142 valence electrons. The lowest BCUT2D eigenvalue weighted by Crippen LogP contribution is -2.53. The standard InChI is InChI=1S/C16H24FN3O3S.ClH/c1-10(2)15(16(21)19-13(9-18)11-7-8-11)20-24(22,23)14-6-4-3-5-12(14)17;/h3-6,10-11,13,15,20H,7-9,18H2,1-2H3,(H,19,21);1H. The molecule has 1 aliphatic rings. The quantitative estimate of drug-likeness (QED) is 0.621. The van der Waals surface area contributed by atoms with Crippen LogP contribution in [0.1, 0.15) is 26.7 Å². The van der Waals surface area contributed by atoms with Crippen molar-refractivity contribution in [1.82, 2.24) is 10.0 Å². The molecule has 1 fully saturated rings. The fraction of sp³-hybridized carbons (Fsp3) is 0.562. The number of sulfonamides is 1. The third kappa shape index (κ3) is 5.64. The van der Waals surface area contributed by atoms with Gasteiger partial charge in [0.05, 0.1) is 0 Å². The Labute approximate surface area is 154 Å². The molecule has 25 heavy (non-hydrogen) atoms. The molecule has 1 aliphatic carbocycles. The molecule has 0 spiro atoms. The van der Waals surface area contributed by atoms with Crippen LogP contribution in [-0.2, 0) is 14.8 Å². The van der Waals surface area contributed by atoms with Crippen LogP contribution in [0.15, 0.2) is 29.2 Å². The van der Waals surface area contributed by atoms with E-state index >= 15 is 0 Å². The Balaban J connectivity index is 0.00000312. The van der Waals surface area contributed by atoms with Gasteiger partial charge in [0.15, 0.2) is 0 Å². The summed E-state index contributed by atoms with van der Waals surface area (Å²) in [5.74, 6) is -1.24. The van der Waals surface area contributed by atoms with Crippen molar-refractivity contribution in [2.45, 2.75) is 43.7 Å². The molecule has 0 heterocycles. The van der Waals surface area contributed by atoms with E-state index in [0.29, 0.717) is 12.5 Å². The number of carbonyl (C=O) groups is 1. The molecule has 2 atom stereocenters. The Morgan fingerprint density at radius 1 is 1.32 bits per heavy atom. The number of hydrogen-bond donors (Lipinski definition) is 3. The maximum Gasteiger partial charge on any atom is 0.244 e. The molecular formula is C16H25ClFN3O3S. The summed E-state index contributed by atoms with van der Waals surface area (Å²) >= 11 is 0. The van der Waals surface area contributed by atoms with Crippen LogP contribution in [0.4, 0.5) is 4.39 Å². The summed E-state index contributed by atoms with van der Waals surface area (Å²) < 4.78 is 40.9. The SMILES string of the molecule is CC(C)C(NS(=O)(=O)c1ccccc1F)C(=O)NC(CN)C1CC1.Cl. The van der Waals surface area contributed by atoms with E-state index in [1.807, 2.05) is 0 Å². The summed E-state index contributed by atoms with van der Waals surface area (Å²) in [6.45, 7) is 3.76. The summed E-state index contributed by atoms with van der Waals surface area (Å²) in [5.41, 5.74) is 5.67. The summed E-state index contributed by atoms with van der Waals surface area (Å²) in [7, 11) is -4.14. The first-order valence-electron chi connectivity index (χ1n) is 8.03. The van der Waals surface area contributed by atoms with Crippen molar-refractivity contribution in [1.29, 1.82) is 0 Å². The van der Waals surface area contributed by atoms with Crippen molar-refractivity contribution in [3.8, 4) is 0 Å². The van der Waals surface area contributed by atoms with Gasteiger partial charge in [0.1, 0.15) is 16.8 Å². The molecule has 1 aromatic rings. The predicted molar refractivity (Wildman–Crippen MR) is 96.3 cm³/mol. The lowest BCUT2D eigenvalue weighted by atomic mass is 10.0. The lowest BCUT2D eigenvalue weighted by molar-refractivity contribution is -0.124. The predicted octanol–water partition coefficient (Wildman–Crippen LogP) is 1.40. The van der Waals surface area contributed by atoms with Gasteiger partial charge < -0.3 is 11.1 Å². The first-order valence-corrected chi connectivity index (χ1v) is 9.52. The third-order valence-electron chi connectivity index (χ3n) is 4.13.